The van der Waals surface area contributed by atoms with E-state index in [0.29, 0.717) is 13.0 Å². The van der Waals surface area contributed by atoms with Crippen LogP contribution in [-0.2, 0) is 4.74 Å². The van der Waals surface area contributed by atoms with Crippen LogP contribution in [0.5, 0.6) is 0 Å². The van der Waals surface area contributed by atoms with E-state index in [0.717, 1.165) is 21.6 Å². The highest BCUT2D eigenvalue weighted by atomic mass is 32.1. The van der Waals surface area contributed by atoms with Gasteiger partial charge < -0.3 is 15.2 Å². The first kappa shape index (κ1) is 13.2. The number of hydrogen-bond acceptors (Lipinski definition) is 6. The van der Waals surface area contributed by atoms with Crippen LogP contribution in [0.3, 0.4) is 0 Å². The SMILES string of the molecule is COCC(CCO)Nc1ncnc2c(C)csc12. The van der Waals surface area contributed by atoms with E-state index in [-0.39, 0.29) is 12.6 Å². The molecule has 1 atom stereocenters. The molecule has 2 heterocycles. The molecule has 0 fully saturated rings. The van der Waals surface area contributed by atoms with Crippen LogP contribution in [0.25, 0.3) is 10.2 Å². The van der Waals surface area contributed by atoms with E-state index in [9.17, 15) is 0 Å². The third-order valence-corrected chi connectivity index (χ3v) is 3.81. The smallest absolute Gasteiger partial charge is 0.147 e. The third-order valence-electron chi connectivity index (χ3n) is 2.72. The maximum atomic E-state index is 9.03. The summed E-state index contributed by atoms with van der Waals surface area (Å²) in [4.78, 5) is 8.55. The van der Waals surface area contributed by atoms with E-state index in [1.165, 1.54) is 0 Å². The Hall–Kier alpha value is -1.24. The molecule has 0 bridgehead atoms. The standard InChI is InChI=1S/C12H17N3O2S/c1-8-6-18-11-10(8)13-7-14-12(11)15-9(3-4-16)5-17-2/h6-7,9,16H,3-5H2,1-2H3,(H,13,14,15). The summed E-state index contributed by atoms with van der Waals surface area (Å²) in [7, 11) is 1.65. The predicted octanol–water partition coefficient (Wildman–Crippen LogP) is 1.81. The van der Waals surface area contributed by atoms with E-state index in [2.05, 4.69) is 20.7 Å². The minimum absolute atomic E-state index is 0.0560. The number of hydrogen-bond donors (Lipinski definition) is 2. The zero-order valence-electron chi connectivity index (χ0n) is 10.5. The number of anilines is 1. The molecular formula is C12H17N3O2S. The highest BCUT2D eigenvalue weighted by Gasteiger charge is 2.13. The van der Waals surface area contributed by atoms with Crippen LogP contribution >= 0.6 is 11.3 Å². The number of ether oxygens (including phenoxy) is 1. The Balaban J connectivity index is 2.24. The second kappa shape index (κ2) is 6.08. The number of aliphatic hydroxyl groups excluding tert-OH is 1. The molecule has 2 aromatic rings. The molecule has 2 N–H and O–H groups in total. The van der Waals surface area contributed by atoms with E-state index < -0.39 is 0 Å². The van der Waals surface area contributed by atoms with Gasteiger partial charge in [0.15, 0.2) is 0 Å². The van der Waals surface area contributed by atoms with Gasteiger partial charge in [0.1, 0.15) is 12.1 Å². The summed E-state index contributed by atoms with van der Waals surface area (Å²) < 4.78 is 6.18. The van der Waals surface area contributed by atoms with Crippen molar-refractivity contribution in [2.24, 2.45) is 0 Å². The third kappa shape index (κ3) is 2.77. The Morgan fingerprint density at radius 2 is 2.33 bits per heavy atom. The highest BCUT2D eigenvalue weighted by Crippen LogP contribution is 2.28. The summed E-state index contributed by atoms with van der Waals surface area (Å²) in [6.07, 6.45) is 2.19. The molecule has 2 rings (SSSR count). The van der Waals surface area contributed by atoms with Gasteiger partial charge in [-0.2, -0.15) is 0 Å². The number of nitrogens with zero attached hydrogens (tertiary/aromatic N) is 2. The van der Waals surface area contributed by atoms with Gasteiger partial charge in [-0.05, 0) is 24.3 Å². The minimum atomic E-state index is 0.0560. The second-order valence-corrected chi connectivity index (χ2v) is 5.01. The fourth-order valence-corrected chi connectivity index (χ4v) is 2.77. The van der Waals surface area contributed by atoms with Crippen LogP contribution < -0.4 is 5.32 Å². The normalized spacial score (nSPS) is 12.8. The number of rotatable bonds is 6. The minimum Gasteiger partial charge on any atom is -0.396 e. The average molecular weight is 267 g/mol. The molecular weight excluding hydrogens is 250 g/mol. The number of aryl methyl sites for hydroxylation is 1. The van der Waals surface area contributed by atoms with Crippen molar-refractivity contribution < 1.29 is 9.84 Å². The quantitative estimate of drug-likeness (QED) is 0.835. The van der Waals surface area contributed by atoms with Crippen LogP contribution in [0.2, 0.25) is 0 Å². The van der Waals surface area contributed by atoms with Gasteiger partial charge in [0, 0.05) is 13.7 Å². The average Bonchev–Trinajstić information content (AvgIpc) is 2.73. The first-order valence-corrected chi connectivity index (χ1v) is 6.69. The van der Waals surface area contributed by atoms with Gasteiger partial charge in [-0.3, -0.25) is 0 Å². The molecule has 0 aliphatic heterocycles. The molecule has 1 unspecified atom stereocenters. The molecule has 0 saturated carbocycles. The molecule has 0 radical (unpaired) electrons. The lowest BCUT2D eigenvalue weighted by molar-refractivity contribution is 0.170. The Bertz CT molecular complexity index is 509. The molecule has 6 heteroatoms. The van der Waals surface area contributed by atoms with Crippen molar-refractivity contribution in [2.45, 2.75) is 19.4 Å². The van der Waals surface area contributed by atoms with Crippen molar-refractivity contribution in [2.75, 3.05) is 25.6 Å². The number of thiophene rings is 1. The molecule has 0 aliphatic carbocycles. The Morgan fingerprint density at radius 3 is 3.06 bits per heavy atom. The van der Waals surface area contributed by atoms with Crippen molar-refractivity contribution in [3.8, 4) is 0 Å². The largest absolute Gasteiger partial charge is 0.396 e. The number of aliphatic hydroxyl groups is 1. The van der Waals surface area contributed by atoms with Crippen molar-refractivity contribution in [3.05, 3.63) is 17.3 Å². The van der Waals surface area contributed by atoms with E-state index >= 15 is 0 Å². The van der Waals surface area contributed by atoms with Gasteiger partial charge in [-0.25, -0.2) is 9.97 Å². The van der Waals surface area contributed by atoms with Gasteiger partial charge in [0.05, 0.1) is 22.9 Å². The number of nitrogens with one attached hydrogen (secondary N) is 1. The fourth-order valence-electron chi connectivity index (χ4n) is 1.82. The van der Waals surface area contributed by atoms with Crippen molar-refractivity contribution >= 4 is 27.4 Å². The lowest BCUT2D eigenvalue weighted by Crippen LogP contribution is -2.26. The van der Waals surface area contributed by atoms with E-state index in [1.807, 2.05) is 6.92 Å². The Kier molecular flexibility index (Phi) is 4.46. The Labute approximate surface area is 110 Å². The summed E-state index contributed by atoms with van der Waals surface area (Å²) >= 11 is 1.63. The van der Waals surface area contributed by atoms with Gasteiger partial charge in [0.25, 0.3) is 0 Å². The van der Waals surface area contributed by atoms with Crippen molar-refractivity contribution in [3.63, 3.8) is 0 Å². The maximum absolute atomic E-state index is 9.03. The monoisotopic (exact) mass is 267 g/mol. The summed E-state index contributed by atoms with van der Waals surface area (Å²) in [6.45, 7) is 2.70. The van der Waals surface area contributed by atoms with Gasteiger partial charge >= 0.3 is 0 Å². The first-order chi connectivity index (χ1) is 8.76. The molecule has 0 spiro atoms. The van der Waals surface area contributed by atoms with Gasteiger partial charge in [-0.15, -0.1) is 11.3 Å². The van der Waals surface area contributed by atoms with Gasteiger partial charge in [-0.1, -0.05) is 0 Å². The summed E-state index contributed by atoms with van der Waals surface area (Å²) in [6, 6.07) is 0.0560. The molecule has 18 heavy (non-hydrogen) atoms. The second-order valence-electron chi connectivity index (χ2n) is 4.13. The fraction of sp³-hybridized carbons (Fsp3) is 0.500. The molecule has 0 saturated heterocycles. The van der Waals surface area contributed by atoms with Crippen LogP contribution in [0.15, 0.2) is 11.7 Å². The molecule has 0 aliphatic rings. The topological polar surface area (TPSA) is 67.3 Å². The maximum Gasteiger partial charge on any atom is 0.147 e. The zero-order valence-corrected chi connectivity index (χ0v) is 11.3. The zero-order chi connectivity index (χ0) is 13.0. The highest BCUT2D eigenvalue weighted by molar-refractivity contribution is 7.18. The Morgan fingerprint density at radius 1 is 1.50 bits per heavy atom. The van der Waals surface area contributed by atoms with Crippen LogP contribution in [0.1, 0.15) is 12.0 Å². The molecule has 0 amide bonds. The molecule has 2 aromatic heterocycles. The summed E-state index contributed by atoms with van der Waals surface area (Å²) in [5.41, 5.74) is 2.14. The summed E-state index contributed by atoms with van der Waals surface area (Å²) in [5.74, 6) is 0.814. The van der Waals surface area contributed by atoms with Crippen LogP contribution in [0.4, 0.5) is 5.82 Å². The lowest BCUT2D eigenvalue weighted by Gasteiger charge is -2.17. The number of aromatic nitrogens is 2. The van der Waals surface area contributed by atoms with E-state index in [4.69, 9.17) is 9.84 Å². The van der Waals surface area contributed by atoms with E-state index in [1.54, 1.807) is 24.8 Å². The van der Waals surface area contributed by atoms with Gasteiger partial charge in [0.2, 0.25) is 0 Å². The van der Waals surface area contributed by atoms with Crippen molar-refractivity contribution in [1.82, 2.24) is 9.97 Å². The predicted molar refractivity (Wildman–Crippen MR) is 73.1 cm³/mol. The van der Waals surface area contributed by atoms with Crippen molar-refractivity contribution in [1.29, 1.82) is 0 Å². The summed E-state index contributed by atoms with van der Waals surface area (Å²) in [5, 5.41) is 14.4. The number of fused-ring (bicyclic) bond motifs is 1. The molecule has 98 valence electrons. The number of methoxy groups -OCH3 is 1. The van der Waals surface area contributed by atoms with Crippen LogP contribution in [-0.4, -0.2) is 41.4 Å². The molecule has 5 nitrogen and oxygen atoms in total. The van der Waals surface area contributed by atoms with Crippen LogP contribution in [0, 0.1) is 6.92 Å². The lowest BCUT2D eigenvalue weighted by atomic mass is 10.2. The first-order valence-electron chi connectivity index (χ1n) is 5.81. The molecule has 0 aromatic carbocycles.